The van der Waals surface area contributed by atoms with Crippen LogP contribution in [0.1, 0.15) is 18.4 Å². The minimum Gasteiger partial charge on any atom is -0.0840 e. The van der Waals surface area contributed by atoms with Crippen LogP contribution >= 0.6 is 0 Å². The Morgan fingerprint density at radius 3 is 2.73 bits per heavy atom. The van der Waals surface area contributed by atoms with Gasteiger partial charge < -0.3 is 0 Å². The average molecular weight is 196 g/mol. The largest absolute Gasteiger partial charge is 0.0840 e. The molecule has 1 unspecified atom stereocenters. The number of benzene rings is 1. The summed E-state index contributed by atoms with van der Waals surface area (Å²) in [6, 6.07) is 10.5. The maximum atomic E-state index is 2.29. The highest BCUT2D eigenvalue weighted by Gasteiger charge is 2.01. The summed E-state index contributed by atoms with van der Waals surface area (Å²) in [5.41, 5.74) is 1.29. The molecule has 1 aromatic rings. The fourth-order valence-electron chi connectivity index (χ4n) is 1.75. The third-order valence-corrected chi connectivity index (χ3v) is 2.62. The van der Waals surface area contributed by atoms with Crippen molar-refractivity contribution in [3.8, 4) is 0 Å². The predicted molar refractivity (Wildman–Crippen MR) is 66.5 cm³/mol. The second-order valence-electron chi connectivity index (χ2n) is 3.86. The van der Waals surface area contributed by atoms with Crippen LogP contribution in [-0.2, 0) is 0 Å². The van der Waals surface area contributed by atoms with Gasteiger partial charge in [-0.05, 0) is 24.3 Å². The maximum Gasteiger partial charge on any atom is -0.0161 e. The Bertz CT molecular complexity index is 368. The SMILES string of the molecule is C1=CCC(C/C=C/c2ccccc2)C=C1. The highest BCUT2D eigenvalue weighted by molar-refractivity contribution is 5.48. The van der Waals surface area contributed by atoms with Crippen molar-refractivity contribution < 1.29 is 0 Å². The van der Waals surface area contributed by atoms with E-state index in [4.69, 9.17) is 0 Å². The lowest BCUT2D eigenvalue weighted by Crippen LogP contribution is -1.94. The van der Waals surface area contributed by atoms with Gasteiger partial charge in [0.15, 0.2) is 0 Å². The van der Waals surface area contributed by atoms with Gasteiger partial charge in [-0.3, -0.25) is 0 Å². The Balaban J connectivity index is 1.85. The van der Waals surface area contributed by atoms with Crippen LogP contribution < -0.4 is 0 Å². The summed E-state index contributed by atoms with van der Waals surface area (Å²) >= 11 is 0. The zero-order valence-corrected chi connectivity index (χ0v) is 8.84. The summed E-state index contributed by atoms with van der Waals surface area (Å²) in [6.07, 6.45) is 15.6. The highest BCUT2D eigenvalue weighted by Crippen LogP contribution is 2.16. The van der Waals surface area contributed by atoms with Crippen molar-refractivity contribution >= 4 is 6.08 Å². The normalized spacial score (nSPS) is 19.9. The molecule has 76 valence electrons. The van der Waals surface area contributed by atoms with Crippen molar-refractivity contribution in [1.82, 2.24) is 0 Å². The number of allylic oxidation sites excluding steroid dienone is 5. The Hall–Kier alpha value is -1.56. The fraction of sp³-hybridized carbons (Fsp3) is 0.200. The van der Waals surface area contributed by atoms with E-state index in [1.807, 2.05) is 6.07 Å². The molecule has 0 N–H and O–H groups in total. The number of rotatable bonds is 3. The van der Waals surface area contributed by atoms with Gasteiger partial charge >= 0.3 is 0 Å². The van der Waals surface area contributed by atoms with Crippen LogP contribution in [0.4, 0.5) is 0 Å². The van der Waals surface area contributed by atoms with Crippen molar-refractivity contribution in [3.63, 3.8) is 0 Å². The van der Waals surface area contributed by atoms with Crippen LogP contribution in [-0.4, -0.2) is 0 Å². The van der Waals surface area contributed by atoms with Gasteiger partial charge in [0.25, 0.3) is 0 Å². The van der Waals surface area contributed by atoms with E-state index in [0.717, 1.165) is 6.42 Å². The van der Waals surface area contributed by atoms with Crippen LogP contribution in [0.5, 0.6) is 0 Å². The van der Waals surface area contributed by atoms with Gasteiger partial charge in [-0.15, -0.1) is 0 Å². The fourth-order valence-corrected chi connectivity index (χ4v) is 1.75. The molecule has 0 heteroatoms. The van der Waals surface area contributed by atoms with Crippen LogP contribution in [0, 0.1) is 5.92 Å². The molecule has 0 nitrogen and oxygen atoms in total. The molecule has 1 atom stereocenters. The van der Waals surface area contributed by atoms with E-state index in [1.54, 1.807) is 0 Å². The first-order chi connectivity index (χ1) is 7.45. The molecule has 0 amide bonds. The second kappa shape index (κ2) is 5.35. The number of hydrogen-bond acceptors (Lipinski definition) is 0. The predicted octanol–water partition coefficient (Wildman–Crippen LogP) is 4.22. The van der Waals surface area contributed by atoms with Crippen LogP contribution in [0.2, 0.25) is 0 Å². The average Bonchev–Trinajstić information content (AvgIpc) is 2.32. The summed E-state index contributed by atoms with van der Waals surface area (Å²) in [5, 5.41) is 0. The molecule has 0 aromatic heterocycles. The Kier molecular flexibility index (Phi) is 3.56. The van der Waals surface area contributed by atoms with E-state index < -0.39 is 0 Å². The topological polar surface area (TPSA) is 0 Å². The minimum absolute atomic E-state index is 0.690. The molecule has 0 aliphatic heterocycles. The lowest BCUT2D eigenvalue weighted by molar-refractivity contribution is 0.670. The molecule has 0 fully saturated rings. The highest BCUT2D eigenvalue weighted by atomic mass is 14.1. The molecule has 0 saturated carbocycles. The molecule has 1 aliphatic rings. The van der Waals surface area contributed by atoms with Crippen LogP contribution in [0.25, 0.3) is 6.08 Å². The van der Waals surface area contributed by atoms with Gasteiger partial charge in [-0.1, -0.05) is 66.8 Å². The van der Waals surface area contributed by atoms with Crippen molar-refractivity contribution in [2.75, 3.05) is 0 Å². The first-order valence-corrected chi connectivity index (χ1v) is 5.50. The molecule has 0 bridgehead atoms. The third-order valence-electron chi connectivity index (χ3n) is 2.62. The monoisotopic (exact) mass is 196 g/mol. The van der Waals surface area contributed by atoms with Crippen molar-refractivity contribution in [1.29, 1.82) is 0 Å². The van der Waals surface area contributed by atoms with E-state index in [9.17, 15) is 0 Å². The van der Waals surface area contributed by atoms with Gasteiger partial charge in [-0.2, -0.15) is 0 Å². The van der Waals surface area contributed by atoms with E-state index in [1.165, 1.54) is 12.0 Å². The van der Waals surface area contributed by atoms with E-state index >= 15 is 0 Å². The number of hydrogen-bond donors (Lipinski definition) is 0. The van der Waals surface area contributed by atoms with Crippen molar-refractivity contribution in [2.45, 2.75) is 12.8 Å². The van der Waals surface area contributed by atoms with E-state index in [2.05, 4.69) is 60.7 Å². The van der Waals surface area contributed by atoms with Gasteiger partial charge in [0.2, 0.25) is 0 Å². The molecule has 2 rings (SSSR count). The minimum atomic E-state index is 0.690. The van der Waals surface area contributed by atoms with Gasteiger partial charge in [0, 0.05) is 0 Å². The molecule has 0 spiro atoms. The van der Waals surface area contributed by atoms with Crippen LogP contribution in [0.3, 0.4) is 0 Å². The molecule has 0 radical (unpaired) electrons. The molecule has 1 aliphatic carbocycles. The molecule has 1 aromatic carbocycles. The molecule has 0 saturated heterocycles. The van der Waals surface area contributed by atoms with Gasteiger partial charge in [-0.25, -0.2) is 0 Å². The summed E-state index contributed by atoms with van der Waals surface area (Å²) in [4.78, 5) is 0. The first kappa shape index (κ1) is 9.97. The van der Waals surface area contributed by atoms with Crippen molar-refractivity contribution in [3.05, 3.63) is 66.3 Å². The summed E-state index contributed by atoms with van der Waals surface area (Å²) < 4.78 is 0. The molecular weight excluding hydrogens is 180 g/mol. The summed E-state index contributed by atoms with van der Waals surface area (Å²) in [5.74, 6) is 0.690. The van der Waals surface area contributed by atoms with E-state index in [-0.39, 0.29) is 0 Å². The molecule has 15 heavy (non-hydrogen) atoms. The standard InChI is InChI=1S/C15H16/c1-3-8-14(9-4-1)12-7-13-15-10-5-2-6-11-15/h1-10,12,15H,11,13H2/b12-7+. The van der Waals surface area contributed by atoms with Crippen LogP contribution in [0.15, 0.2) is 60.7 Å². The Labute approximate surface area is 91.6 Å². The summed E-state index contributed by atoms with van der Waals surface area (Å²) in [7, 11) is 0. The zero-order chi connectivity index (χ0) is 10.3. The van der Waals surface area contributed by atoms with Crippen molar-refractivity contribution in [2.24, 2.45) is 5.92 Å². The molecular formula is C15H16. The van der Waals surface area contributed by atoms with E-state index in [0.29, 0.717) is 5.92 Å². The Morgan fingerprint density at radius 1 is 1.13 bits per heavy atom. The van der Waals surface area contributed by atoms with Gasteiger partial charge in [0.05, 0.1) is 0 Å². The Morgan fingerprint density at radius 2 is 2.00 bits per heavy atom. The third kappa shape index (κ3) is 3.25. The second-order valence-corrected chi connectivity index (χ2v) is 3.86. The van der Waals surface area contributed by atoms with Gasteiger partial charge in [0.1, 0.15) is 0 Å². The lowest BCUT2D eigenvalue weighted by Gasteiger charge is -2.09. The first-order valence-electron chi connectivity index (χ1n) is 5.50. The molecule has 0 heterocycles. The zero-order valence-electron chi connectivity index (χ0n) is 8.84. The summed E-state index contributed by atoms with van der Waals surface area (Å²) in [6.45, 7) is 0. The quantitative estimate of drug-likeness (QED) is 0.679. The lowest BCUT2D eigenvalue weighted by atomic mass is 9.97. The maximum absolute atomic E-state index is 2.29. The smallest absolute Gasteiger partial charge is 0.0161 e.